The summed E-state index contributed by atoms with van der Waals surface area (Å²) < 4.78 is 5.74. The van der Waals surface area contributed by atoms with E-state index in [1.807, 2.05) is 91.5 Å². The van der Waals surface area contributed by atoms with E-state index in [2.05, 4.69) is 47.7 Å². The number of rotatable bonds is 10. The molecule has 2 aromatic heterocycles. The number of carbonyl (C=O) groups is 3. The summed E-state index contributed by atoms with van der Waals surface area (Å²) in [7, 11) is 0. The Bertz CT molecular complexity index is 2210. The number of pyridine rings is 1. The third-order valence-electron chi connectivity index (χ3n) is 9.11. The Labute approximate surface area is 309 Å². The second kappa shape index (κ2) is 16.7. The van der Waals surface area contributed by atoms with Crippen molar-refractivity contribution >= 4 is 57.2 Å². The van der Waals surface area contributed by atoms with Crippen molar-refractivity contribution < 1.29 is 18.8 Å². The standard InChI is InChI=1S/C24H22N2O2S.C19H22N2O2/c1-2-18(14-16-8-4-3-5-9-16)25-23(27)17-12-13-22-20(15-17)26-24(28)19-10-6-7-11-21(19)29-22;1-4-6-9-21(5-2)19(22)17-12-15-11-14-8-7-13(3)10-16(14)20-18(15)23-17/h3-13,15,18H,2,14H2,1H3,(H,25,27)(H,26,28);7-8,10-12H,4-6,9H2,1-3H3. The van der Waals surface area contributed by atoms with E-state index in [4.69, 9.17) is 4.42 Å². The first kappa shape index (κ1) is 36.4. The number of aryl methyl sites for hydroxylation is 1. The van der Waals surface area contributed by atoms with Gasteiger partial charge in [-0.3, -0.25) is 14.4 Å². The maximum atomic E-state index is 12.8. The maximum Gasteiger partial charge on any atom is 0.289 e. The first-order valence-corrected chi connectivity index (χ1v) is 18.7. The van der Waals surface area contributed by atoms with E-state index in [0.29, 0.717) is 34.8 Å². The monoisotopic (exact) mass is 712 g/mol. The van der Waals surface area contributed by atoms with E-state index < -0.39 is 0 Å². The smallest absolute Gasteiger partial charge is 0.289 e. The zero-order valence-corrected chi connectivity index (χ0v) is 30.9. The highest BCUT2D eigenvalue weighted by Crippen LogP contribution is 2.39. The highest BCUT2D eigenvalue weighted by Gasteiger charge is 2.22. The second-order valence-electron chi connectivity index (χ2n) is 13.0. The summed E-state index contributed by atoms with van der Waals surface area (Å²) >= 11 is 1.53. The predicted molar refractivity (Wildman–Crippen MR) is 209 cm³/mol. The molecule has 4 aromatic carbocycles. The third-order valence-corrected chi connectivity index (χ3v) is 10.3. The van der Waals surface area contributed by atoms with Crippen LogP contribution in [-0.2, 0) is 6.42 Å². The summed E-state index contributed by atoms with van der Waals surface area (Å²) in [5, 5.41) is 7.99. The Morgan fingerprint density at radius 1 is 0.885 bits per heavy atom. The van der Waals surface area contributed by atoms with Gasteiger partial charge in [0, 0.05) is 45.3 Å². The van der Waals surface area contributed by atoms with Gasteiger partial charge in [0.25, 0.3) is 17.7 Å². The topological polar surface area (TPSA) is 105 Å². The highest BCUT2D eigenvalue weighted by atomic mass is 32.2. The number of unbranched alkanes of at least 4 members (excludes halogenated alkanes) is 1. The number of benzene rings is 4. The van der Waals surface area contributed by atoms with Gasteiger partial charge in [0.05, 0.1) is 16.8 Å². The second-order valence-corrected chi connectivity index (χ2v) is 14.0. The predicted octanol–water partition coefficient (Wildman–Crippen LogP) is 9.71. The Hall–Kier alpha value is -5.41. The molecule has 0 saturated carbocycles. The van der Waals surface area contributed by atoms with Crippen molar-refractivity contribution in [3.63, 3.8) is 0 Å². The molecule has 8 nitrogen and oxygen atoms in total. The average Bonchev–Trinajstić information content (AvgIpc) is 3.51. The molecule has 0 saturated heterocycles. The molecular formula is C43H44N4O4S. The van der Waals surface area contributed by atoms with Crippen molar-refractivity contribution in [3.8, 4) is 0 Å². The third kappa shape index (κ3) is 8.54. The van der Waals surface area contributed by atoms with Gasteiger partial charge in [0.1, 0.15) is 0 Å². The fraction of sp³-hybridized carbons (Fsp3) is 0.256. The number of amides is 3. The molecule has 0 spiro atoms. The van der Waals surface area contributed by atoms with Crippen LogP contribution in [0.2, 0.25) is 0 Å². The van der Waals surface area contributed by atoms with Crippen LogP contribution in [0.1, 0.15) is 82.4 Å². The molecule has 3 heterocycles. The lowest BCUT2D eigenvalue weighted by atomic mass is 10.0. The lowest BCUT2D eigenvalue weighted by molar-refractivity contribution is 0.0732. The van der Waals surface area contributed by atoms with Crippen molar-refractivity contribution in [1.82, 2.24) is 15.2 Å². The van der Waals surface area contributed by atoms with E-state index in [0.717, 1.165) is 63.9 Å². The van der Waals surface area contributed by atoms with Crippen LogP contribution in [0.25, 0.3) is 22.0 Å². The Morgan fingerprint density at radius 2 is 1.67 bits per heavy atom. The van der Waals surface area contributed by atoms with Crippen LogP contribution in [0.3, 0.4) is 0 Å². The molecule has 6 aromatic rings. The van der Waals surface area contributed by atoms with Gasteiger partial charge in [-0.2, -0.15) is 0 Å². The number of nitrogens with zero attached hydrogens (tertiary/aromatic N) is 2. The van der Waals surface area contributed by atoms with Crippen LogP contribution in [-0.4, -0.2) is 46.7 Å². The van der Waals surface area contributed by atoms with Crippen LogP contribution in [0.4, 0.5) is 5.69 Å². The van der Waals surface area contributed by atoms with Gasteiger partial charge in [0.2, 0.25) is 5.71 Å². The summed E-state index contributed by atoms with van der Waals surface area (Å²) in [5.41, 5.74) is 5.63. The lowest BCUT2D eigenvalue weighted by Crippen LogP contribution is -2.36. The molecule has 2 N–H and O–H groups in total. The molecule has 0 radical (unpaired) electrons. The lowest BCUT2D eigenvalue weighted by Gasteiger charge is -2.18. The number of hydrogen-bond acceptors (Lipinski definition) is 6. The maximum absolute atomic E-state index is 12.8. The minimum atomic E-state index is -0.153. The Morgan fingerprint density at radius 3 is 2.44 bits per heavy atom. The number of fused-ring (bicyclic) bond motifs is 4. The Balaban J connectivity index is 0.000000183. The van der Waals surface area contributed by atoms with Gasteiger partial charge in [-0.15, -0.1) is 0 Å². The SMILES string of the molecule is CCC(Cc1ccccc1)NC(=O)c1ccc2c(c1)NC(=O)c1ccccc1S2.CCCCN(CC)C(=O)c1cc2cc3ccc(C)cc3nc2o1. The van der Waals surface area contributed by atoms with Crippen LogP contribution >= 0.6 is 11.8 Å². The summed E-state index contributed by atoms with van der Waals surface area (Å²) in [5.74, 6) is 0.0354. The number of aromatic nitrogens is 1. The van der Waals surface area contributed by atoms with E-state index >= 15 is 0 Å². The van der Waals surface area contributed by atoms with Gasteiger partial charge in [0.15, 0.2) is 5.76 Å². The molecule has 266 valence electrons. The van der Waals surface area contributed by atoms with Crippen LogP contribution in [0.15, 0.2) is 117 Å². The quantitative estimate of drug-likeness (QED) is 0.147. The zero-order chi connectivity index (χ0) is 36.6. The molecule has 1 atom stereocenters. The first-order chi connectivity index (χ1) is 25.3. The molecule has 52 heavy (non-hydrogen) atoms. The number of hydrogen-bond donors (Lipinski definition) is 2. The fourth-order valence-electron chi connectivity index (χ4n) is 6.12. The van der Waals surface area contributed by atoms with E-state index in [-0.39, 0.29) is 23.8 Å². The number of carbonyl (C=O) groups excluding carboxylic acids is 3. The highest BCUT2D eigenvalue weighted by molar-refractivity contribution is 7.99. The largest absolute Gasteiger partial charge is 0.433 e. The molecule has 9 heteroatoms. The average molecular weight is 713 g/mol. The normalized spacial score (nSPS) is 12.5. The van der Waals surface area contributed by atoms with Crippen molar-refractivity contribution in [2.75, 3.05) is 18.4 Å². The molecule has 0 aliphatic carbocycles. The van der Waals surface area contributed by atoms with E-state index in [1.165, 1.54) is 17.3 Å². The van der Waals surface area contributed by atoms with Crippen molar-refractivity contribution in [1.29, 1.82) is 0 Å². The van der Waals surface area contributed by atoms with Crippen LogP contribution < -0.4 is 10.6 Å². The minimum Gasteiger partial charge on any atom is -0.433 e. The number of furan rings is 1. The molecule has 3 amide bonds. The van der Waals surface area contributed by atoms with Crippen LogP contribution in [0, 0.1) is 6.92 Å². The summed E-state index contributed by atoms with van der Waals surface area (Å²) in [6, 6.07) is 33.2. The van der Waals surface area contributed by atoms with E-state index in [9.17, 15) is 14.4 Å². The van der Waals surface area contributed by atoms with E-state index in [1.54, 1.807) is 12.1 Å². The molecule has 1 aliphatic rings. The minimum absolute atomic E-state index is 0.0527. The van der Waals surface area contributed by atoms with Gasteiger partial charge >= 0.3 is 0 Å². The van der Waals surface area contributed by atoms with Crippen molar-refractivity contribution in [3.05, 3.63) is 131 Å². The molecule has 7 rings (SSSR count). The van der Waals surface area contributed by atoms with Gasteiger partial charge < -0.3 is 20.0 Å². The number of nitrogens with one attached hydrogen (secondary N) is 2. The van der Waals surface area contributed by atoms with Gasteiger partial charge in [-0.25, -0.2) is 4.98 Å². The van der Waals surface area contributed by atoms with Gasteiger partial charge in [-0.05, 0) is 92.8 Å². The van der Waals surface area contributed by atoms with Gasteiger partial charge in [-0.1, -0.05) is 86.6 Å². The zero-order valence-electron chi connectivity index (χ0n) is 30.1. The van der Waals surface area contributed by atoms with Crippen molar-refractivity contribution in [2.45, 2.75) is 69.2 Å². The summed E-state index contributed by atoms with van der Waals surface area (Å²) in [6.45, 7) is 9.67. The molecule has 0 bridgehead atoms. The molecule has 1 unspecified atom stereocenters. The molecule has 1 aliphatic heterocycles. The fourth-order valence-corrected chi connectivity index (χ4v) is 7.13. The van der Waals surface area contributed by atoms with Crippen molar-refractivity contribution in [2.24, 2.45) is 0 Å². The van der Waals surface area contributed by atoms with Crippen LogP contribution in [0.5, 0.6) is 0 Å². The summed E-state index contributed by atoms with van der Waals surface area (Å²) in [6.07, 6.45) is 3.70. The molecule has 0 fully saturated rings. The Kier molecular flexibility index (Phi) is 11.7. The summed E-state index contributed by atoms with van der Waals surface area (Å²) in [4.78, 5) is 46.2. The first-order valence-electron chi connectivity index (χ1n) is 17.9. The number of anilines is 1. The molecular weight excluding hydrogens is 669 g/mol.